The number of hydrogen-bond acceptors (Lipinski definition) is 3. The van der Waals surface area contributed by atoms with Crippen LogP contribution in [0.15, 0.2) is 54.6 Å². The average Bonchev–Trinajstić information content (AvgIpc) is 2.96. The molecule has 3 aromatic rings. The zero-order valence-corrected chi connectivity index (χ0v) is 16.6. The van der Waals surface area contributed by atoms with Crippen LogP contribution in [0, 0.1) is 13.8 Å². The Hall–Kier alpha value is -3.41. The van der Waals surface area contributed by atoms with Crippen LogP contribution in [0.1, 0.15) is 34.2 Å². The minimum Gasteiger partial charge on any atom is -0.337 e. The first kappa shape index (κ1) is 19.4. The van der Waals surface area contributed by atoms with Crippen molar-refractivity contribution in [3.63, 3.8) is 0 Å². The second kappa shape index (κ2) is 8.08. The first-order chi connectivity index (χ1) is 13.4. The lowest BCUT2D eigenvalue weighted by Crippen LogP contribution is -2.26. The fraction of sp³-hybridized carbons (Fsp3) is 0.227. The second-order valence-electron chi connectivity index (χ2n) is 6.82. The van der Waals surface area contributed by atoms with E-state index in [2.05, 4.69) is 10.4 Å². The van der Waals surface area contributed by atoms with Crippen LogP contribution in [0.2, 0.25) is 0 Å². The van der Waals surface area contributed by atoms with Crippen LogP contribution in [0.3, 0.4) is 0 Å². The molecule has 0 atom stereocenters. The minimum absolute atomic E-state index is 0.113. The number of anilines is 1. The van der Waals surface area contributed by atoms with Gasteiger partial charge in [0.05, 0.1) is 11.4 Å². The van der Waals surface area contributed by atoms with Crippen molar-refractivity contribution in [2.24, 2.45) is 0 Å². The number of carbonyl (C=O) groups excluding carboxylic acids is 2. The standard InChI is InChI=1S/C22H24N4O2/c1-15-21(16(2)26(24-15)20-11-6-5-7-12-20)14-25(4)22(28)18-9-8-10-19(13-18)23-17(3)27/h5-13H,14H2,1-4H3,(H,23,27). The molecule has 2 amide bonds. The van der Waals surface area contributed by atoms with E-state index in [-0.39, 0.29) is 11.8 Å². The molecule has 1 N–H and O–H groups in total. The highest BCUT2D eigenvalue weighted by molar-refractivity contribution is 5.96. The Kier molecular flexibility index (Phi) is 5.59. The minimum atomic E-state index is -0.169. The van der Waals surface area contributed by atoms with Gasteiger partial charge in [0.1, 0.15) is 0 Å². The van der Waals surface area contributed by atoms with Crippen LogP contribution in [-0.2, 0) is 11.3 Å². The molecule has 1 aromatic heterocycles. The van der Waals surface area contributed by atoms with Gasteiger partial charge in [0.25, 0.3) is 5.91 Å². The molecule has 28 heavy (non-hydrogen) atoms. The van der Waals surface area contributed by atoms with E-state index in [1.54, 1.807) is 36.2 Å². The topological polar surface area (TPSA) is 67.2 Å². The highest BCUT2D eigenvalue weighted by Crippen LogP contribution is 2.20. The number of hydrogen-bond donors (Lipinski definition) is 1. The van der Waals surface area contributed by atoms with Gasteiger partial charge >= 0.3 is 0 Å². The van der Waals surface area contributed by atoms with Gasteiger partial charge in [-0.3, -0.25) is 9.59 Å². The Morgan fingerprint density at radius 3 is 2.46 bits per heavy atom. The van der Waals surface area contributed by atoms with Crippen molar-refractivity contribution in [2.45, 2.75) is 27.3 Å². The van der Waals surface area contributed by atoms with Crippen LogP contribution in [-0.4, -0.2) is 33.5 Å². The number of benzene rings is 2. The van der Waals surface area contributed by atoms with Crippen molar-refractivity contribution in [1.29, 1.82) is 0 Å². The van der Waals surface area contributed by atoms with E-state index < -0.39 is 0 Å². The van der Waals surface area contributed by atoms with Crippen molar-refractivity contribution in [3.8, 4) is 5.69 Å². The third kappa shape index (κ3) is 4.11. The molecule has 0 saturated heterocycles. The Balaban J connectivity index is 1.81. The smallest absolute Gasteiger partial charge is 0.253 e. The van der Waals surface area contributed by atoms with E-state index in [0.29, 0.717) is 17.8 Å². The molecule has 144 valence electrons. The average molecular weight is 376 g/mol. The summed E-state index contributed by atoms with van der Waals surface area (Å²) >= 11 is 0. The number of amides is 2. The number of aryl methyl sites for hydroxylation is 1. The number of rotatable bonds is 5. The molecule has 0 unspecified atom stereocenters. The summed E-state index contributed by atoms with van der Waals surface area (Å²) in [5.74, 6) is -0.281. The van der Waals surface area contributed by atoms with Crippen LogP contribution in [0.5, 0.6) is 0 Å². The highest BCUT2D eigenvalue weighted by Gasteiger charge is 2.18. The normalized spacial score (nSPS) is 10.6. The first-order valence-corrected chi connectivity index (χ1v) is 9.10. The van der Waals surface area contributed by atoms with Crippen molar-refractivity contribution in [1.82, 2.24) is 14.7 Å². The predicted octanol–water partition coefficient (Wildman–Crippen LogP) is 3.72. The lowest BCUT2D eigenvalue weighted by atomic mass is 10.1. The molecule has 6 heteroatoms. The lowest BCUT2D eigenvalue weighted by Gasteiger charge is -2.18. The number of carbonyl (C=O) groups is 2. The molecule has 0 aliphatic rings. The maximum atomic E-state index is 12.9. The number of para-hydroxylation sites is 1. The Bertz CT molecular complexity index is 1010. The molecule has 3 rings (SSSR count). The quantitative estimate of drug-likeness (QED) is 0.738. The van der Waals surface area contributed by atoms with E-state index >= 15 is 0 Å². The van der Waals surface area contributed by atoms with E-state index in [0.717, 1.165) is 22.6 Å². The molecule has 0 aliphatic heterocycles. The van der Waals surface area contributed by atoms with Crippen LogP contribution in [0.4, 0.5) is 5.69 Å². The summed E-state index contributed by atoms with van der Waals surface area (Å²) in [4.78, 5) is 25.8. The van der Waals surface area contributed by atoms with Crippen molar-refractivity contribution in [2.75, 3.05) is 12.4 Å². The van der Waals surface area contributed by atoms with Gasteiger partial charge in [-0.1, -0.05) is 24.3 Å². The van der Waals surface area contributed by atoms with Gasteiger partial charge in [-0.25, -0.2) is 4.68 Å². The summed E-state index contributed by atoms with van der Waals surface area (Å²) in [5.41, 5.74) is 5.06. The van der Waals surface area contributed by atoms with Gasteiger partial charge in [-0.2, -0.15) is 5.10 Å². The van der Waals surface area contributed by atoms with Crippen LogP contribution >= 0.6 is 0 Å². The lowest BCUT2D eigenvalue weighted by molar-refractivity contribution is -0.114. The van der Waals surface area contributed by atoms with E-state index in [1.807, 2.05) is 48.9 Å². The Morgan fingerprint density at radius 1 is 1.07 bits per heavy atom. The summed E-state index contributed by atoms with van der Waals surface area (Å²) in [6, 6.07) is 16.9. The zero-order chi connectivity index (χ0) is 20.3. The fourth-order valence-electron chi connectivity index (χ4n) is 3.19. The summed E-state index contributed by atoms with van der Waals surface area (Å²) in [7, 11) is 1.77. The van der Waals surface area contributed by atoms with E-state index in [4.69, 9.17) is 0 Å². The monoisotopic (exact) mass is 376 g/mol. The molecule has 6 nitrogen and oxygen atoms in total. The summed E-state index contributed by atoms with van der Waals surface area (Å²) in [6.07, 6.45) is 0. The second-order valence-corrected chi connectivity index (χ2v) is 6.82. The van der Waals surface area contributed by atoms with E-state index in [1.165, 1.54) is 6.92 Å². The van der Waals surface area contributed by atoms with Crippen LogP contribution in [0.25, 0.3) is 5.69 Å². The molecule has 1 heterocycles. The van der Waals surface area contributed by atoms with Gasteiger partial charge in [-0.15, -0.1) is 0 Å². The highest BCUT2D eigenvalue weighted by atomic mass is 16.2. The van der Waals surface area contributed by atoms with E-state index in [9.17, 15) is 9.59 Å². The summed E-state index contributed by atoms with van der Waals surface area (Å²) in [5, 5.41) is 7.35. The Morgan fingerprint density at radius 2 is 1.79 bits per heavy atom. The predicted molar refractivity (Wildman–Crippen MR) is 110 cm³/mol. The van der Waals surface area contributed by atoms with Crippen molar-refractivity contribution < 1.29 is 9.59 Å². The van der Waals surface area contributed by atoms with Gasteiger partial charge in [-0.05, 0) is 44.2 Å². The van der Waals surface area contributed by atoms with Gasteiger partial charge in [0, 0.05) is 43.0 Å². The third-order valence-electron chi connectivity index (χ3n) is 4.61. The molecular formula is C22H24N4O2. The van der Waals surface area contributed by atoms with Gasteiger partial charge in [0.2, 0.25) is 5.91 Å². The summed E-state index contributed by atoms with van der Waals surface area (Å²) < 4.78 is 1.90. The van der Waals surface area contributed by atoms with Gasteiger partial charge in [0.15, 0.2) is 0 Å². The van der Waals surface area contributed by atoms with Crippen molar-refractivity contribution >= 4 is 17.5 Å². The maximum Gasteiger partial charge on any atom is 0.253 e. The third-order valence-corrected chi connectivity index (χ3v) is 4.61. The molecule has 0 spiro atoms. The van der Waals surface area contributed by atoms with Crippen molar-refractivity contribution in [3.05, 3.63) is 77.1 Å². The molecule has 2 aromatic carbocycles. The number of aromatic nitrogens is 2. The summed E-state index contributed by atoms with van der Waals surface area (Å²) in [6.45, 7) is 5.86. The number of nitrogens with zero attached hydrogens (tertiary/aromatic N) is 3. The maximum absolute atomic E-state index is 12.9. The zero-order valence-electron chi connectivity index (χ0n) is 16.6. The van der Waals surface area contributed by atoms with Crippen LogP contribution < -0.4 is 5.32 Å². The Labute approximate surface area is 164 Å². The molecule has 0 fully saturated rings. The molecule has 0 bridgehead atoms. The largest absolute Gasteiger partial charge is 0.337 e. The molecular weight excluding hydrogens is 352 g/mol. The first-order valence-electron chi connectivity index (χ1n) is 9.10. The van der Waals surface area contributed by atoms with Gasteiger partial charge < -0.3 is 10.2 Å². The number of nitrogens with one attached hydrogen (secondary N) is 1. The molecule has 0 aliphatic carbocycles. The fourth-order valence-corrected chi connectivity index (χ4v) is 3.19. The molecule has 0 saturated carbocycles. The molecule has 0 radical (unpaired) electrons. The SMILES string of the molecule is CC(=O)Nc1cccc(C(=O)N(C)Cc2c(C)nn(-c3ccccc3)c2C)c1.